The second-order valence-electron chi connectivity index (χ2n) is 7.67. The Kier molecular flexibility index (Phi) is 6.77. The van der Waals surface area contributed by atoms with Crippen molar-refractivity contribution < 1.29 is 14.3 Å². The van der Waals surface area contributed by atoms with Crippen molar-refractivity contribution in [2.24, 2.45) is 11.8 Å². The van der Waals surface area contributed by atoms with Gasteiger partial charge in [-0.1, -0.05) is 57.5 Å². The van der Waals surface area contributed by atoms with Crippen LogP contribution < -0.4 is 5.32 Å². The predicted molar refractivity (Wildman–Crippen MR) is 99.0 cm³/mol. The zero-order valence-electron chi connectivity index (χ0n) is 15.9. The fraction of sp³-hybridized carbons (Fsp3) is 0.619. The molecule has 3 atom stereocenters. The summed E-state index contributed by atoms with van der Waals surface area (Å²) in [6, 6.07) is 9.85. The summed E-state index contributed by atoms with van der Waals surface area (Å²) in [5.41, 5.74) is 0.288. The summed E-state index contributed by atoms with van der Waals surface area (Å²) in [4.78, 5) is 25.2. The zero-order valence-corrected chi connectivity index (χ0v) is 15.9. The third-order valence-corrected chi connectivity index (χ3v) is 5.26. The summed E-state index contributed by atoms with van der Waals surface area (Å²) in [7, 11) is 0. The average Bonchev–Trinajstić information content (AvgIpc) is 2.86. The number of rotatable bonds is 8. The molecule has 0 spiro atoms. The van der Waals surface area contributed by atoms with Crippen molar-refractivity contribution in [1.82, 2.24) is 5.32 Å². The standard InChI is InChI=1S/C21H31NO3/c1-5-17-11-12-19(23)21(17,4)22-20(24)18(13-15(2)3)25-14-16-9-7-6-8-10-16/h6-10,15,17-18H,5,11-14H2,1-4H3,(H,22,24). The van der Waals surface area contributed by atoms with Crippen LogP contribution in [0.15, 0.2) is 30.3 Å². The van der Waals surface area contributed by atoms with E-state index in [0.717, 1.165) is 18.4 Å². The minimum atomic E-state index is -0.753. The number of hydrogen-bond donors (Lipinski definition) is 1. The van der Waals surface area contributed by atoms with E-state index in [1.54, 1.807) is 0 Å². The fourth-order valence-electron chi connectivity index (χ4n) is 3.65. The van der Waals surface area contributed by atoms with Crippen LogP contribution in [0.2, 0.25) is 0 Å². The van der Waals surface area contributed by atoms with Gasteiger partial charge in [-0.05, 0) is 37.2 Å². The van der Waals surface area contributed by atoms with Gasteiger partial charge in [0, 0.05) is 6.42 Å². The number of carbonyl (C=O) groups is 2. The third kappa shape index (κ3) is 4.91. The molecule has 0 aliphatic heterocycles. The maximum Gasteiger partial charge on any atom is 0.249 e. The molecule has 1 amide bonds. The molecule has 3 unspecified atom stereocenters. The van der Waals surface area contributed by atoms with Gasteiger partial charge >= 0.3 is 0 Å². The van der Waals surface area contributed by atoms with Crippen molar-refractivity contribution in [2.75, 3.05) is 0 Å². The molecule has 0 saturated heterocycles. The quantitative estimate of drug-likeness (QED) is 0.778. The lowest BCUT2D eigenvalue weighted by atomic mass is 9.86. The highest BCUT2D eigenvalue weighted by atomic mass is 16.5. The minimum Gasteiger partial charge on any atom is -0.364 e. The summed E-state index contributed by atoms with van der Waals surface area (Å²) in [6.45, 7) is 8.49. The number of Topliss-reactive ketones (excluding diaryl/α,β-unsaturated/α-hetero) is 1. The van der Waals surface area contributed by atoms with E-state index >= 15 is 0 Å². The summed E-state index contributed by atoms with van der Waals surface area (Å²) >= 11 is 0. The van der Waals surface area contributed by atoms with Gasteiger partial charge in [0.15, 0.2) is 5.78 Å². The van der Waals surface area contributed by atoms with E-state index in [-0.39, 0.29) is 17.6 Å². The van der Waals surface area contributed by atoms with E-state index in [1.165, 1.54) is 0 Å². The Morgan fingerprint density at radius 3 is 2.60 bits per heavy atom. The highest BCUT2D eigenvalue weighted by Gasteiger charge is 2.46. The maximum atomic E-state index is 12.9. The van der Waals surface area contributed by atoms with E-state index in [2.05, 4.69) is 26.1 Å². The first-order chi connectivity index (χ1) is 11.9. The lowest BCUT2D eigenvalue weighted by Crippen LogP contribution is -2.56. The second-order valence-corrected chi connectivity index (χ2v) is 7.67. The highest BCUT2D eigenvalue weighted by Crippen LogP contribution is 2.35. The number of ether oxygens (including phenoxy) is 1. The normalized spacial score (nSPS) is 24.5. The monoisotopic (exact) mass is 345 g/mol. The molecule has 1 aliphatic carbocycles. The molecule has 1 saturated carbocycles. The molecule has 1 aromatic rings. The molecule has 2 rings (SSSR count). The topological polar surface area (TPSA) is 55.4 Å². The van der Waals surface area contributed by atoms with Crippen LogP contribution >= 0.6 is 0 Å². The van der Waals surface area contributed by atoms with E-state index in [9.17, 15) is 9.59 Å². The van der Waals surface area contributed by atoms with Gasteiger partial charge in [-0.3, -0.25) is 9.59 Å². The number of nitrogens with one attached hydrogen (secondary N) is 1. The fourth-order valence-corrected chi connectivity index (χ4v) is 3.65. The van der Waals surface area contributed by atoms with Gasteiger partial charge < -0.3 is 10.1 Å². The van der Waals surface area contributed by atoms with Gasteiger partial charge in [-0.2, -0.15) is 0 Å². The molecule has 1 N–H and O–H groups in total. The Bertz CT molecular complexity index is 584. The molecule has 0 bridgehead atoms. The molecule has 138 valence electrons. The first-order valence-electron chi connectivity index (χ1n) is 9.37. The Balaban J connectivity index is 2.06. The van der Waals surface area contributed by atoms with Crippen molar-refractivity contribution >= 4 is 11.7 Å². The largest absolute Gasteiger partial charge is 0.364 e. The Morgan fingerprint density at radius 1 is 1.32 bits per heavy atom. The highest BCUT2D eigenvalue weighted by molar-refractivity contribution is 5.95. The summed E-state index contributed by atoms with van der Waals surface area (Å²) in [5.74, 6) is 0.512. The summed E-state index contributed by atoms with van der Waals surface area (Å²) in [5, 5.41) is 3.03. The second kappa shape index (κ2) is 8.61. The first-order valence-corrected chi connectivity index (χ1v) is 9.37. The average molecular weight is 345 g/mol. The van der Waals surface area contributed by atoms with Crippen molar-refractivity contribution in [1.29, 1.82) is 0 Å². The van der Waals surface area contributed by atoms with Crippen LogP contribution in [-0.2, 0) is 20.9 Å². The van der Waals surface area contributed by atoms with Crippen LogP contribution in [0.3, 0.4) is 0 Å². The molecule has 0 radical (unpaired) electrons. The molecule has 4 heteroatoms. The molecule has 25 heavy (non-hydrogen) atoms. The maximum absolute atomic E-state index is 12.9. The predicted octanol–water partition coefficient (Wildman–Crippen LogP) is 3.88. The van der Waals surface area contributed by atoms with Crippen molar-refractivity contribution in [3.05, 3.63) is 35.9 Å². The van der Waals surface area contributed by atoms with Crippen molar-refractivity contribution in [3.63, 3.8) is 0 Å². The molecular formula is C21H31NO3. The van der Waals surface area contributed by atoms with E-state index in [4.69, 9.17) is 4.74 Å². The number of amides is 1. The van der Waals surface area contributed by atoms with E-state index in [0.29, 0.717) is 25.4 Å². The Labute approximate surface area is 151 Å². The molecular weight excluding hydrogens is 314 g/mol. The van der Waals surface area contributed by atoms with Gasteiger partial charge in [0.05, 0.1) is 12.1 Å². The first kappa shape index (κ1) is 19.6. The van der Waals surface area contributed by atoms with Crippen LogP contribution in [0, 0.1) is 11.8 Å². The summed E-state index contributed by atoms with van der Waals surface area (Å²) < 4.78 is 5.94. The molecule has 1 aromatic carbocycles. The van der Waals surface area contributed by atoms with Gasteiger partial charge in [-0.25, -0.2) is 0 Å². The Morgan fingerprint density at radius 2 is 2.00 bits per heavy atom. The van der Waals surface area contributed by atoms with E-state index < -0.39 is 11.6 Å². The number of ketones is 1. The van der Waals surface area contributed by atoms with Crippen molar-refractivity contribution in [2.45, 2.75) is 71.6 Å². The van der Waals surface area contributed by atoms with Crippen LogP contribution in [0.5, 0.6) is 0 Å². The van der Waals surface area contributed by atoms with Crippen LogP contribution in [-0.4, -0.2) is 23.3 Å². The van der Waals surface area contributed by atoms with Gasteiger partial charge in [-0.15, -0.1) is 0 Å². The number of carbonyl (C=O) groups excluding carboxylic acids is 2. The van der Waals surface area contributed by atoms with Crippen LogP contribution in [0.4, 0.5) is 0 Å². The number of benzene rings is 1. The van der Waals surface area contributed by atoms with Gasteiger partial charge in [0.1, 0.15) is 6.10 Å². The van der Waals surface area contributed by atoms with Crippen LogP contribution in [0.25, 0.3) is 0 Å². The Hall–Kier alpha value is -1.68. The van der Waals surface area contributed by atoms with E-state index in [1.807, 2.05) is 37.3 Å². The molecule has 0 aromatic heterocycles. The third-order valence-electron chi connectivity index (χ3n) is 5.26. The SMILES string of the molecule is CCC1CCC(=O)C1(C)NC(=O)C(CC(C)C)OCc1ccccc1. The molecule has 1 fully saturated rings. The van der Waals surface area contributed by atoms with Crippen LogP contribution in [0.1, 0.15) is 58.9 Å². The minimum absolute atomic E-state index is 0.138. The smallest absolute Gasteiger partial charge is 0.249 e. The summed E-state index contributed by atoms with van der Waals surface area (Å²) in [6.07, 6.45) is 2.39. The molecule has 4 nitrogen and oxygen atoms in total. The van der Waals surface area contributed by atoms with Gasteiger partial charge in [0.2, 0.25) is 5.91 Å². The van der Waals surface area contributed by atoms with Gasteiger partial charge in [0.25, 0.3) is 0 Å². The molecule has 0 heterocycles. The number of hydrogen-bond acceptors (Lipinski definition) is 3. The lowest BCUT2D eigenvalue weighted by molar-refractivity contribution is -0.140. The zero-order chi connectivity index (χ0) is 18.4. The molecule has 1 aliphatic rings. The lowest BCUT2D eigenvalue weighted by Gasteiger charge is -2.32. The van der Waals surface area contributed by atoms with Crippen molar-refractivity contribution in [3.8, 4) is 0 Å².